The third-order valence-corrected chi connectivity index (χ3v) is 4.12. The quantitative estimate of drug-likeness (QED) is 0.699. The van der Waals surface area contributed by atoms with Crippen LogP contribution in [0.25, 0.3) is 0 Å². The SMILES string of the molecule is Cc1ccc(C(=O)NCC(=O)NNC(=O)c2cccc(N(C)C)c2)cc1C. The van der Waals surface area contributed by atoms with E-state index in [0.717, 1.165) is 16.8 Å². The normalized spacial score (nSPS) is 10.1. The second-order valence-corrected chi connectivity index (χ2v) is 6.43. The fourth-order valence-corrected chi connectivity index (χ4v) is 2.31. The summed E-state index contributed by atoms with van der Waals surface area (Å²) < 4.78 is 0. The van der Waals surface area contributed by atoms with Crippen LogP contribution in [0.4, 0.5) is 5.69 Å². The van der Waals surface area contributed by atoms with Crippen molar-refractivity contribution in [3.8, 4) is 0 Å². The topological polar surface area (TPSA) is 90.5 Å². The molecule has 0 spiro atoms. The van der Waals surface area contributed by atoms with Crippen LogP contribution in [0.2, 0.25) is 0 Å². The maximum Gasteiger partial charge on any atom is 0.269 e. The summed E-state index contributed by atoms with van der Waals surface area (Å²) in [4.78, 5) is 37.9. The summed E-state index contributed by atoms with van der Waals surface area (Å²) in [6, 6.07) is 12.3. The molecule has 142 valence electrons. The van der Waals surface area contributed by atoms with E-state index in [2.05, 4.69) is 16.2 Å². The van der Waals surface area contributed by atoms with Crippen LogP contribution in [0.1, 0.15) is 31.8 Å². The first-order valence-electron chi connectivity index (χ1n) is 8.50. The summed E-state index contributed by atoms with van der Waals surface area (Å²) in [6.45, 7) is 3.63. The zero-order chi connectivity index (χ0) is 20.0. The Kier molecular flexibility index (Phi) is 6.54. The average molecular weight is 368 g/mol. The summed E-state index contributed by atoms with van der Waals surface area (Å²) >= 11 is 0. The van der Waals surface area contributed by atoms with E-state index in [4.69, 9.17) is 0 Å². The number of benzene rings is 2. The van der Waals surface area contributed by atoms with E-state index in [9.17, 15) is 14.4 Å². The lowest BCUT2D eigenvalue weighted by atomic mass is 10.1. The van der Waals surface area contributed by atoms with Gasteiger partial charge in [0.05, 0.1) is 6.54 Å². The lowest BCUT2D eigenvalue weighted by molar-refractivity contribution is -0.120. The van der Waals surface area contributed by atoms with Gasteiger partial charge in [-0.1, -0.05) is 12.1 Å². The fourth-order valence-electron chi connectivity index (χ4n) is 2.31. The minimum atomic E-state index is -0.524. The van der Waals surface area contributed by atoms with Crippen LogP contribution >= 0.6 is 0 Å². The Balaban J connectivity index is 1.83. The van der Waals surface area contributed by atoms with Crippen LogP contribution in [0.3, 0.4) is 0 Å². The molecule has 0 aromatic heterocycles. The van der Waals surface area contributed by atoms with Gasteiger partial charge in [0.1, 0.15) is 0 Å². The van der Waals surface area contributed by atoms with Crippen molar-refractivity contribution in [1.82, 2.24) is 16.2 Å². The number of hydrazine groups is 1. The third kappa shape index (κ3) is 5.57. The number of anilines is 1. The van der Waals surface area contributed by atoms with Crippen molar-refractivity contribution in [1.29, 1.82) is 0 Å². The predicted molar refractivity (Wildman–Crippen MR) is 105 cm³/mol. The molecule has 0 aliphatic heterocycles. The molecule has 2 rings (SSSR count). The second-order valence-electron chi connectivity index (χ2n) is 6.43. The molecule has 7 nitrogen and oxygen atoms in total. The van der Waals surface area contributed by atoms with Gasteiger partial charge in [0.15, 0.2) is 0 Å². The van der Waals surface area contributed by atoms with E-state index >= 15 is 0 Å². The minimum absolute atomic E-state index is 0.246. The number of hydrogen-bond acceptors (Lipinski definition) is 4. The van der Waals surface area contributed by atoms with Crippen molar-refractivity contribution in [2.24, 2.45) is 0 Å². The summed E-state index contributed by atoms with van der Waals surface area (Å²) in [5, 5.41) is 2.52. The number of aryl methyl sites for hydroxylation is 2. The van der Waals surface area contributed by atoms with Crippen molar-refractivity contribution < 1.29 is 14.4 Å². The predicted octanol–water partition coefficient (Wildman–Crippen LogP) is 1.56. The molecule has 0 saturated carbocycles. The molecule has 0 atom stereocenters. The van der Waals surface area contributed by atoms with Crippen molar-refractivity contribution in [2.45, 2.75) is 13.8 Å². The molecule has 3 N–H and O–H groups in total. The smallest absolute Gasteiger partial charge is 0.269 e. The van der Waals surface area contributed by atoms with E-state index in [0.29, 0.717) is 11.1 Å². The molecule has 0 radical (unpaired) electrons. The molecule has 0 aliphatic rings. The van der Waals surface area contributed by atoms with Crippen LogP contribution in [0.5, 0.6) is 0 Å². The zero-order valence-electron chi connectivity index (χ0n) is 15.9. The highest BCUT2D eigenvalue weighted by Gasteiger charge is 2.11. The van der Waals surface area contributed by atoms with Gasteiger partial charge in [-0.25, -0.2) is 0 Å². The molecule has 0 heterocycles. The van der Waals surface area contributed by atoms with E-state index < -0.39 is 11.8 Å². The zero-order valence-corrected chi connectivity index (χ0v) is 15.9. The Morgan fingerprint density at radius 3 is 2.22 bits per heavy atom. The summed E-state index contributed by atoms with van der Waals surface area (Å²) in [5.41, 5.74) is 8.48. The molecule has 0 saturated heterocycles. The first-order chi connectivity index (χ1) is 12.8. The Labute approximate surface area is 158 Å². The Morgan fingerprint density at radius 2 is 1.56 bits per heavy atom. The van der Waals surface area contributed by atoms with E-state index in [1.165, 1.54) is 0 Å². The molecule has 0 unspecified atom stereocenters. The number of hydrogen-bond donors (Lipinski definition) is 3. The van der Waals surface area contributed by atoms with E-state index in [-0.39, 0.29) is 12.5 Å². The Morgan fingerprint density at radius 1 is 0.852 bits per heavy atom. The molecule has 7 heteroatoms. The minimum Gasteiger partial charge on any atom is -0.378 e. The van der Waals surface area contributed by atoms with Gasteiger partial charge in [-0.15, -0.1) is 0 Å². The Bertz CT molecular complexity index is 862. The van der Waals surface area contributed by atoms with Gasteiger partial charge in [-0.3, -0.25) is 25.2 Å². The Hall–Kier alpha value is -3.35. The molecule has 3 amide bonds. The van der Waals surface area contributed by atoms with Gasteiger partial charge in [-0.2, -0.15) is 0 Å². The molecule has 0 bridgehead atoms. The van der Waals surface area contributed by atoms with E-state index in [1.54, 1.807) is 30.3 Å². The number of rotatable bonds is 5. The lowest BCUT2D eigenvalue weighted by Crippen LogP contribution is -2.46. The lowest BCUT2D eigenvalue weighted by Gasteiger charge is -2.14. The highest BCUT2D eigenvalue weighted by atomic mass is 16.2. The van der Waals surface area contributed by atoms with Crippen LogP contribution in [0, 0.1) is 13.8 Å². The second kappa shape index (κ2) is 8.84. The average Bonchev–Trinajstić information content (AvgIpc) is 2.66. The standard InChI is InChI=1S/C20H24N4O3/c1-13-8-9-16(10-14(13)2)19(26)21-12-18(25)22-23-20(27)15-6-5-7-17(11-15)24(3)4/h5-11H,12H2,1-4H3,(H,21,26)(H,22,25)(H,23,27). The first kappa shape index (κ1) is 20.0. The monoisotopic (exact) mass is 368 g/mol. The fraction of sp³-hybridized carbons (Fsp3) is 0.250. The van der Waals surface area contributed by atoms with Crippen molar-refractivity contribution in [3.63, 3.8) is 0 Å². The molecule has 2 aromatic rings. The highest BCUT2D eigenvalue weighted by molar-refractivity contribution is 5.98. The molecule has 27 heavy (non-hydrogen) atoms. The van der Waals surface area contributed by atoms with Crippen LogP contribution in [-0.2, 0) is 4.79 Å². The van der Waals surface area contributed by atoms with Crippen LogP contribution in [-0.4, -0.2) is 38.4 Å². The highest BCUT2D eigenvalue weighted by Crippen LogP contribution is 2.13. The molecule has 2 aromatic carbocycles. The van der Waals surface area contributed by atoms with E-state index in [1.807, 2.05) is 45.0 Å². The summed E-state index contributed by atoms with van der Waals surface area (Å²) in [7, 11) is 3.74. The maximum atomic E-state index is 12.1. The van der Waals surface area contributed by atoms with Gasteiger partial charge < -0.3 is 10.2 Å². The molecular formula is C20H24N4O3. The molecular weight excluding hydrogens is 344 g/mol. The first-order valence-corrected chi connectivity index (χ1v) is 8.50. The van der Waals surface area contributed by atoms with Gasteiger partial charge in [0.25, 0.3) is 17.7 Å². The van der Waals surface area contributed by atoms with Gasteiger partial charge >= 0.3 is 0 Å². The van der Waals surface area contributed by atoms with Crippen molar-refractivity contribution in [3.05, 3.63) is 64.7 Å². The number of nitrogens with one attached hydrogen (secondary N) is 3. The number of carbonyl (C=O) groups excluding carboxylic acids is 3. The molecule has 0 fully saturated rings. The molecule has 0 aliphatic carbocycles. The number of carbonyl (C=O) groups is 3. The number of nitrogens with zero attached hydrogens (tertiary/aromatic N) is 1. The van der Waals surface area contributed by atoms with Crippen LogP contribution in [0.15, 0.2) is 42.5 Å². The summed E-state index contributed by atoms with van der Waals surface area (Å²) in [5.74, 6) is -1.31. The van der Waals surface area contributed by atoms with Crippen molar-refractivity contribution in [2.75, 3.05) is 25.5 Å². The summed E-state index contributed by atoms with van der Waals surface area (Å²) in [6.07, 6.45) is 0. The van der Waals surface area contributed by atoms with Crippen LogP contribution < -0.4 is 21.1 Å². The number of amides is 3. The van der Waals surface area contributed by atoms with Crippen molar-refractivity contribution >= 4 is 23.4 Å². The third-order valence-electron chi connectivity index (χ3n) is 4.12. The van der Waals surface area contributed by atoms with Gasteiger partial charge in [-0.05, 0) is 55.3 Å². The maximum absolute atomic E-state index is 12.1. The van der Waals surface area contributed by atoms with Gasteiger partial charge in [0, 0.05) is 30.9 Å². The largest absolute Gasteiger partial charge is 0.378 e. The van der Waals surface area contributed by atoms with Gasteiger partial charge in [0.2, 0.25) is 0 Å².